The Bertz CT molecular complexity index is 772. The minimum absolute atomic E-state index is 0.205. The van der Waals surface area contributed by atoms with Crippen LogP contribution >= 0.6 is 0 Å². The smallest absolute Gasteiger partial charge is 0.258 e. The third-order valence-corrected chi connectivity index (χ3v) is 3.78. The number of hydrogen-bond donors (Lipinski definition) is 0. The number of nitrogens with zero attached hydrogens (tertiary/aromatic N) is 1. The molecule has 0 bridgehead atoms. The predicted octanol–water partition coefficient (Wildman–Crippen LogP) is 3.73. The minimum Gasteiger partial charge on any atom is -0.497 e. The highest BCUT2D eigenvalue weighted by atomic mass is 16.5. The van der Waals surface area contributed by atoms with Gasteiger partial charge in [0.15, 0.2) is 0 Å². The van der Waals surface area contributed by atoms with Gasteiger partial charge in [-0.3, -0.25) is 4.79 Å². The molecule has 3 aromatic rings. The summed E-state index contributed by atoms with van der Waals surface area (Å²) in [7, 11) is 3.08. The molecule has 0 spiro atoms. The average molecular weight is 341 g/mol. The lowest BCUT2D eigenvalue weighted by molar-refractivity contribution is 0.0701. The van der Waals surface area contributed by atoms with Crippen molar-refractivity contribution in [2.75, 3.05) is 14.2 Å². The zero-order valence-electron chi connectivity index (χ0n) is 14.1. The molecule has 0 atom stereocenters. The molecular formula is C19H19NO5. The number of ether oxygens (including phenoxy) is 2. The predicted molar refractivity (Wildman–Crippen MR) is 90.5 cm³/mol. The SMILES string of the molecule is COc1ccc(OC)c(C(=O)N(Cc2ccco2)Cc2ccco2)c1. The highest BCUT2D eigenvalue weighted by Crippen LogP contribution is 2.26. The van der Waals surface area contributed by atoms with Crippen LogP contribution in [0, 0.1) is 0 Å². The van der Waals surface area contributed by atoms with Gasteiger partial charge in [-0.1, -0.05) is 0 Å². The third kappa shape index (κ3) is 3.85. The summed E-state index contributed by atoms with van der Waals surface area (Å²) in [5.41, 5.74) is 0.417. The Morgan fingerprint density at radius 1 is 0.960 bits per heavy atom. The van der Waals surface area contributed by atoms with Gasteiger partial charge in [-0.15, -0.1) is 0 Å². The van der Waals surface area contributed by atoms with Crippen molar-refractivity contribution < 1.29 is 23.1 Å². The van der Waals surface area contributed by atoms with Crippen LogP contribution in [0.5, 0.6) is 11.5 Å². The summed E-state index contributed by atoms with van der Waals surface area (Å²) < 4.78 is 21.3. The van der Waals surface area contributed by atoms with Crippen molar-refractivity contribution in [3.8, 4) is 11.5 Å². The zero-order valence-corrected chi connectivity index (χ0v) is 14.1. The molecular weight excluding hydrogens is 322 g/mol. The summed E-state index contributed by atoms with van der Waals surface area (Å²) in [5.74, 6) is 2.22. The molecule has 1 aromatic carbocycles. The molecule has 0 unspecified atom stereocenters. The van der Waals surface area contributed by atoms with Gasteiger partial charge in [0.1, 0.15) is 23.0 Å². The molecule has 0 radical (unpaired) electrons. The highest BCUT2D eigenvalue weighted by molar-refractivity contribution is 5.97. The van der Waals surface area contributed by atoms with E-state index in [9.17, 15) is 4.79 Å². The van der Waals surface area contributed by atoms with Crippen LogP contribution in [0.15, 0.2) is 63.8 Å². The number of carbonyl (C=O) groups is 1. The second-order valence-electron chi connectivity index (χ2n) is 5.39. The number of carbonyl (C=O) groups excluding carboxylic acids is 1. The van der Waals surface area contributed by atoms with Crippen LogP contribution in [0.1, 0.15) is 21.9 Å². The molecule has 25 heavy (non-hydrogen) atoms. The van der Waals surface area contributed by atoms with Gasteiger partial charge in [0.25, 0.3) is 5.91 Å². The lowest BCUT2D eigenvalue weighted by Crippen LogP contribution is -2.30. The molecule has 1 amide bonds. The van der Waals surface area contributed by atoms with Crippen molar-refractivity contribution >= 4 is 5.91 Å². The van der Waals surface area contributed by atoms with Crippen molar-refractivity contribution in [3.05, 3.63) is 72.1 Å². The van der Waals surface area contributed by atoms with Crippen molar-refractivity contribution in [3.63, 3.8) is 0 Å². The maximum Gasteiger partial charge on any atom is 0.258 e. The Morgan fingerprint density at radius 2 is 1.60 bits per heavy atom. The van der Waals surface area contributed by atoms with Crippen LogP contribution in [0.4, 0.5) is 0 Å². The van der Waals surface area contributed by atoms with Gasteiger partial charge in [-0.2, -0.15) is 0 Å². The third-order valence-electron chi connectivity index (χ3n) is 3.78. The summed E-state index contributed by atoms with van der Waals surface area (Å²) in [6.45, 7) is 0.625. The monoisotopic (exact) mass is 341 g/mol. The Hall–Kier alpha value is -3.15. The van der Waals surface area contributed by atoms with Crippen LogP contribution in [0.2, 0.25) is 0 Å². The average Bonchev–Trinajstić information content (AvgIpc) is 3.34. The fourth-order valence-corrected chi connectivity index (χ4v) is 2.53. The molecule has 0 aliphatic carbocycles. The molecule has 0 saturated heterocycles. The van der Waals surface area contributed by atoms with Crippen LogP contribution in [0.25, 0.3) is 0 Å². The standard InChI is InChI=1S/C19H19NO5/c1-22-14-7-8-18(23-2)17(11-14)19(21)20(12-15-5-3-9-24-15)13-16-6-4-10-25-16/h3-11H,12-13H2,1-2H3. The molecule has 3 rings (SSSR count). The molecule has 0 aliphatic heterocycles. The fraction of sp³-hybridized carbons (Fsp3) is 0.211. The molecule has 6 nitrogen and oxygen atoms in total. The van der Waals surface area contributed by atoms with Gasteiger partial charge < -0.3 is 23.2 Å². The fourth-order valence-electron chi connectivity index (χ4n) is 2.53. The first-order chi connectivity index (χ1) is 12.2. The molecule has 0 N–H and O–H groups in total. The molecule has 2 heterocycles. The van der Waals surface area contributed by atoms with Gasteiger partial charge in [0.05, 0.1) is 45.4 Å². The van der Waals surface area contributed by atoms with E-state index in [-0.39, 0.29) is 5.91 Å². The number of rotatable bonds is 7. The van der Waals surface area contributed by atoms with E-state index in [1.165, 1.54) is 7.11 Å². The van der Waals surface area contributed by atoms with Crippen LogP contribution in [0.3, 0.4) is 0 Å². The first-order valence-corrected chi connectivity index (χ1v) is 7.77. The lowest BCUT2D eigenvalue weighted by atomic mass is 10.1. The molecule has 6 heteroatoms. The largest absolute Gasteiger partial charge is 0.497 e. The van der Waals surface area contributed by atoms with E-state index in [1.54, 1.807) is 54.9 Å². The van der Waals surface area contributed by atoms with Crippen LogP contribution < -0.4 is 9.47 Å². The Labute approximate surface area is 145 Å². The highest BCUT2D eigenvalue weighted by Gasteiger charge is 2.22. The van der Waals surface area contributed by atoms with E-state index in [1.807, 2.05) is 12.1 Å². The lowest BCUT2D eigenvalue weighted by Gasteiger charge is -2.22. The summed E-state index contributed by atoms with van der Waals surface area (Å²) in [6, 6.07) is 12.4. The molecule has 0 saturated carbocycles. The molecule has 2 aromatic heterocycles. The quantitative estimate of drug-likeness (QED) is 0.655. The van der Waals surface area contributed by atoms with Gasteiger partial charge >= 0.3 is 0 Å². The zero-order chi connectivity index (χ0) is 17.6. The van der Waals surface area contributed by atoms with E-state index in [0.29, 0.717) is 41.7 Å². The summed E-state index contributed by atoms with van der Waals surface area (Å²) >= 11 is 0. The normalized spacial score (nSPS) is 10.5. The van der Waals surface area contributed by atoms with Gasteiger partial charge in [-0.25, -0.2) is 0 Å². The van der Waals surface area contributed by atoms with Crippen molar-refractivity contribution in [2.24, 2.45) is 0 Å². The van der Waals surface area contributed by atoms with Crippen LogP contribution in [-0.4, -0.2) is 25.0 Å². The number of amides is 1. The molecule has 0 fully saturated rings. The first kappa shape index (κ1) is 16.7. The van der Waals surface area contributed by atoms with E-state index < -0.39 is 0 Å². The number of furan rings is 2. The second-order valence-corrected chi connectivity index (χ2v) is 5.39. The summed E-state index contributed by atoms with van der Waals surface area (Å²) in [5, 5.41) is 0. The topological polar surface area (TPSA) is 65.1 Å². The maximum atomic E-state index is 13.2. The summed E-state index contributed by atoms with van der Waals surface area (Å²) in [6.07, 6.45) is 3.16. The number of methoxy groups -OCH3 is 2. The maximum absolute atomic E-state index is 13.2. The minimum atomic E-state index is -0.205. The Kier molecular flexibility index (Phi) is 5.09. The van der Waals surface area contributed by atoms with Crippen molar-refractivity contribution in [2.45, 2.75) is 13.1 Å². The second kappa shape index (κ2) is 7.61. The number of hydrogen-bond acceptors (Lipinski definition) is 5. The molecule has 130 valence electrons. The van der Waals surface area contributed by atoms with E-state index >= 15 is 0 Å². The number of benzene rings is 1. The molecule has 0 aliphatic rings. The summed E-state index contributed by atoms with van der Waals surface area (Å²) in [4.78, 5) is 14.8. The first-order valence-electron chi connectivity index (χ1n) is 7.77. The van der Waals surface area contributed by atoms with Gasteiger partial charge in [-0.05, 0) is 42.5 Å². The van der Waals surface area contributed by atoms with E-state index in [0.717, 1.165) is 0 Å². The van der Waals surface area contributed by atoms with E-state index in [2.05, 4.69) is 0 Å². The van der Waals surface area contributed by atoms with Gasteiger partial charge in [0.2, 0.25) is 0 Å². The van der Waals surface area contributed by atoms with E-state index in [4.69, 9.17) is 18.3 Å². The Morgan fingerprint density at radius 3 is 2.08 bits per heavy atom. The Balaban J connectivity index is 1.92. The van der Waals surface area contributed by atoms with Crippen molar-refractivity contribution in [1.82, 2.24) is 4.90 Å². The van der Waals surface area contributed by atoms with Crippen molar-refractivity contribution in [1.29, 1.82) is 0 Å². The van der Waals surface area contributed by atoms with Gasteiger partial charge in [0, 0.05) is 0 Å². The van der Waals surface area contributed by atoms with Crippen LogP contribution in [-0.2, 0) is 13.1 Å².